The minimum Gasteiger partial charge on any atom is -0.493 e. The van der Waals surface area contributed by atoms with Crippen molar-refractivity contribution in [1.29, 1.82) is 0 Å². The van der Waals surface area contributed by atoms with E-state index in [1.54, 1.807) is 7.11 Å². The third-order valence-corrected chi connectivity index (χ3v) is 3.20. The first-order valence-electron chi connectivity index (χ1n) is 6.03. The normalized spacial score (nSPS) is 21.2. The van der Waals surface area contributed by atoms with Crippen LogP contribution >= 0.6 is 0 Å². The highest BCUT2D eigenvalue weighted by atomic mass is 16.5. The number of hydrogen-bond acceptors (Lipinski definition) is 4. The number of ether oxygens (including phenoxy) is 2. The smallest absolute Gasteiger partial charge is 0.161 e. The molecule has 0 bridgehead atoms. The summed E-state index contributed by atoms with van der Waals surface area (Å²) in [7, 11) is 1.64. The third kappa shape index (κ3) is 3.11. The number of para-hydroxylation sites is 2. The van der Waals surface area contributed by atoms with Gasteiger partial charge in [-0.05, 0) is 37.6 Å². The van der Waals surface area contributed by atoms with Crippen LogP contribution in [0.4, 0.5) is 0 Å². The first-order valence-corrected chi connectivity index (χ1v) is 6.03. The van der Waals surface area contributed by atoms with Crippen molar-refractivity contribution >= 4 is 0 Å². The van der Waals surface area contributed by atoms with Crippen LogP contribution in [0, 0.1) is 5.92 Å². The zero-order chi connectivity index (χ0) is 12.1. The first-order chi connectivity index (χ1) is 8.31. The summed E-state index contributed by atoms with van der Waals surface area (Å²) >= 11 is 0. The molecule has 0 aliphatic carbocycles. The van der Waals surface area contributed by atoms with Crippen molar-refractivity contribution in [3.63, 3.8) is 0 Å². The topological polar surface area (TPSA) is 56.5 Å². The van der Waals surface area contributed by atoms with E-state index in [1.165, 1.54) is 0 Å². The molecule has 1 aliphatic rings. The Balaban J connectivity index is 1.88. The summed E-state index contributed by atoms with van der Waals surface area (Å²) in [5.41, 5.74) is 6.11. The molecular weight excluding hydrogens is 216 g/mol. The van der Waals surface area contributed by atoms with Crippen LogP contribution in [-0.2, 0) is 0 Å². The van der Waals surface area contributed by atoms with Crippen LogP contribution in [0.3, 0.4) is 0 Å². The quantitative estimate of drug-likeness (QED) is 0.801. The van der Waals surface area contributed by atoms with Gasteiger partial charge in [-0.25, -0.2) is 0 Å². The second-order valence-electron chi connectivity index (χ2n) is 4.38. The van der Waals surface area contributed by atoms with Crippen molar-refractivity contribution in [2.24, 2.45) is 11.7 Å². The van der Waals surface area contributed by atoms with Crippen LogP contribution in [-0.4, -0.2) is 32.8 Å². The van der Waals surface area contributed by atoms with Crippen LogP contribution < -0.4 is 20.5 Å². The molecule has 4 nitrogen and oxygen atoms in total. The van der Waals surface area contributed by atoms with Crippen LogP contribution in [0.1, 0.15) is 6.42 Å². The van der Waals surface area contributed by atoms with Crippen molar-refractivity contribution in [2.75, 3.05) is 26.8 Å². The van der Waals surface area contributed by atoms with Gasteiger partial charge in [0.1, 0.15) is 6.61 Å². The number of benzene rings is 1. The highest BCUT2D eigenvalue weighted by molar-refractivity contribution is 5.39. The molecule has 2 unspecified atom stereocenters. The van der Waals surface area contributed by atoms with Gasteiger partial charge in [0.25, 0.3) is 0 Å². The lowest BCUT2D eigenvalue weighted by molar-refractivity contribution is 0.242. The molecule has 3 N–H and O–H groups in total. The van der Waals surface area contributed by atoms with E-state index in [0.29, 0.717) is 12.5 Å². The summed E-state index contributed by atoms with van der Waals surface area (Å²) < 4.78 is 10.9. The Morgan fingerprint density at radius 1 is 1.41 bits per heavy atom. The average molecular weight is 236 g/mol. The summed E-state index contributed by atoms with van der Waals surface area (Å²) in [6, 6.07) is 7.72. The molecule has 0 aromatic heterocycles. The monoisotopic (exact) mass is 236 g/mol. The van der Waals surface area contributed by atoms with E-state index in [-0.39, 0.29) is 6.04 Å². The fourth-order valence-electron chi connectivity index (χ4n) is 2.10. The fourth-order valence-corrected chi connectivity index (χ4v) is 2.10. The number of methoxy groups -OCH3 is 1. The summed E-state index contributed by atoms with van der Waals surface area (Å²) in [5.74, 6) is 2.03. The van der Waals surface area contributed by atoms with Crippen molar-refractivity contribution in [2.45, 2.75) is 12.5 Å². The lowest BCUT2D eigenvalue weighted by Crippen LogP contribution is -2.37. The molecule has 1 aromatic rings. The average Bonchev–Trinajstić information content (AvgIpc) is 2.90. The lowest BCUT2D eigenvalue weighted by Gasteiger charge is -2.19. The Kier molecular flexibility index (Phi) is 4.23. The van der Waals surface area contributed by atoms with E-state index in [1.807, 2.05) is 24.3 Å². The second kappa shape index (κ2) is 5.89. The van der Waals surface area contributed by atoms with E-state index in [4.69, 9.17) is 15.2 Å². The minimum absolute atomic E-state index is 0.0786. The predicted octanol–water partition coefficient (Wildman–Crippen LogP) is 1.01. The molecule has 0 radical (unpaired) electrons. The predicted molar refractivity (Wildman–Crippen MR) is 67.4 cm³/mol. The van der Waals surface area contributed by atoms with Crippen LogP contribution in [0.5, 0.6) is 11.5 Å². The SMILES string of the molecule is COc1ccccc1OCC(N)C1CCNC1. The van der Waals surface area contributed by atoms with E-state index in [2.05, 4.69) is 5.32 Å². The molecule has 2 rings (SSSR count). The van der Waals surface area contributed by atoms with Gasteiger partial charge in [0, 0.05) is 6.04 Å². The molecule has 4 heteroatoms. The highest BCUT2D eigenvalue weighted by Gasteiger charge is 2.22. The molecule has 0 saturated carbocycles. The van der Waals surface area contributed by atoms with Gasteiger partial charge in [-0.3, -0.25) is 0 Å². The van der Waals surface area contributed by atoms with Crippen molar-refractivity contribution in [3.8, 4) is 11.5 Å². The molecule has 94 valence electrons. The van der Waals surface area contributed by atoms with Crippen molar-refractivity contribution in [3.05, 3.63) is 24.3 Å². The van der Waals surface area contributed by atoms with Gasteiger partial charge in [-0.2, -0.15) is 0 Å². The summed E-state index contributed by atoms with van der Waals surface area (Å²) in [4.78, 5) is 0. The summed E-state index contributed by atoms with van der Waals surface area (Å²) in [6.45, 7) is 2.59. The lowest BCUT2D eigenvalue weighted by atomic mass is 10.0. The van der Waals surface area contributed by atoms with E-state index < -0.39 is 0 Å². The van der Waals surface area contributed by atoms with Gasteiger partial charge < -0.3 is 20.5 Å². The zero-order valence-electron chi connectivity index (χ0n) is 10.2. The molecular formula is C13H20N2O2. The molecule has 1 heterocycles. The Bertz CT molecular complexity index is 351. The zero-order valence-corrected chi connectivity index (χ0v) is 10.2. The summed E-state index contributed by atoms with van der Waals surface area (Å²) in [5, 5.41) is 3.31. The molecule has 1 fully saturated rings. The summed E-state index contributed by atoms with van der Waals surface area (Å²) in [6.07, 6.45) is 1.14. The molecule has 2 atom stereocenters. The largest absolute Gasteiger partial charge is 0.493 e. The standard InChI is InChI=1S/C13H20N2O2/c1-16-12-4-2-3-5-13(12)17-9-11(14)10-6-7-15-8-10/h2-5,10-11,15H,6-9,14H2,1H3. The van der Waals surface area contributed by atoms with Crippen LogP contribution in [0.2, 0.25) is 0 Å². The minimum atomic E-state index is 0.0786. The first kappa shape index (κ1) is 12.2. The van der Waals surface area contributed by atoms with Gasteiger partial charge in [0.15, 0.2) is 11.5 Å². The van der Waals surface area contributed by atoms with E-state index >= 15 is 0 Å². The van der Waals surface area contributed by atoms with Gasteiger partial charge >= 0.3 is 0 Å². The van der Waals surface area contributed by atoms with Gasteiger partial charge in [-0.15, -0.1) is 0 Å². The number of nitrogens with one attached hydrogen (secondary N) is 1. The van der Waals surface area contributed by atoms with Gasteiger partial charge in [-0.1, -0.05) is 12.1 Å². The Labute approximate surface area is 102 Å². The fraction of sp³-hybridized carbons (Fsp3) is 0.538. The van der Waals surface area contributed by atoms with Crippen LogP contribution in [0.25, 0.3) is 0 Å². The number of nitrogens with two attached hydrogens (primary N) is 1. The van der Waals surface area contributed by atoms with Crippen LogP contribution in [0.15, 0.2) is 24.3 Å². The molecule has 0 amide bonds. The number of rotatable bonds is 5. The molecule has 1 saturated heterocycles. The maximum atomic E-state index is 6.11. The maximum Gasteiger partial charge on any atom is 0.161 e. The Morgan fingerprint density at radius 3 is 2.82 bits per heavy atom. The van der Waals surface area contributed by atoms with E-state index in [0.717, 1.165) is 31.0 Å². The third-order valence-electron chi connectivity index (χ3n) is 3.20. The molecule has 17 heavy (non-hydrogen) atoms. The molecule has 0 spiro atoms. The Morgan fingerprint density at radius 2 is 2.18 bits per heavy atom. The van der Waals surface area contributed by atoms with E-state index in [9.17, 15) is 0 Å². The maximum absolute atomic E-state index is 6.11. The Hall–Kier alpha value is -1.26. The van der Waals surface area contributed by atoms with Crippen molar-refractivity contribution < 1.29 is 9.47 Å². The number of hydrogen-bond donors (Lipinski definition) is 2. The second-order valence-corrected chi connectivity index (χ2v) is 4.38. The molecule has 1 aromatic carbocycles. The highest BCUT2D eigenvalue weighted by Crippen LogP contribution is 2.26. The van der Waals surface area contributed by atoms with Crippen molar-refractivity contribution in [1.82, 2.24) is 5.32 Å². The van der Waals surface area contributed by atoms with Gasteiger partial charge in [0.05, 0.1) is 7.11 Å². The van der Waals surface area contributed by atoms with Gasteiger partial charge in [0.2, 0.25) is 0 Å². The molecule has 1 aliphatic heterocycles.